The molecule has 0 bridgehead atoms. The highest BCUT2D eigenvalue weighted by molar-refractivity contribution is 5.67. The standard InChI is InChI=1S/C14H21N3O3/c18-10-11-4-7-17(8-5-11)13-2-1-12(9-16-13)15-6-3-14(19)20/h1-2,9,11,15,18H,3-8,10H2,(H,19,20). The first-order valence-electron chi connectivity index (χ1n) is 6.96. The second-order valence-corrected chi connectivity index (χ2v) is 5.09. The number of hydrogen-bond donors (Lipinski definition) is 3. The Morgan fingerprint density at radius 3 is 2.70 bits per heavy atom. The summed E-state index contributed by atoms with van der Waals surface area (Å²) in [6, 6.07) is 3.87. The summed E-state index contributed by atoms with van der Waals surface area (Å²) in [5.41, 5.74) is 0.834. The molecule has 20 heavy (non-hydrogen) atoms. The van der Waals surface area contributed by atoms with Crippen LogP contribution in [0.2, 0.25) is 0 Å². The number of aromatic nitrogens is 1. The summed E-state index contributed by atoms with van der Waals surface area (Å²) < 4.78 is 0. The SMILES string of the molecule is O=C(O)CCNc1ccc(N2CCC(CO)CC2)nc1. The number of hydrogen-bond acceptors (Lipinski definition) is 5. The molecule has 1 saturated heterocycles. The molecule has 1 aromatic heterocycles. The Morgan fingerprint density at radius 2 is 2.15 bits per heavy atom. The lowest BCUT2D eigenvalue weighted by molar-refractivity contribution is -0.136. The molecule has 0 spiro atoms. The molecule has 1 aliphatic rings. The summed E-state index contributed by atoms with van der Waals surface area (Å²) in [7, 11) is 0. The molecule has 2 heterocycles. The topological polar surface area (TPSA) is 85.7 Å². The second kappa shape index (κ2) is 7.09. The molecular weight excluding hydrogens is 258 g/mol. The largest absolute Gasteiger partial charge is 0.481 e. The van der Waals surface area contributed by atoms with Gasteiger partial charge in [0.25, 0.3) is 0 Å². The average molecular weight is 279 g/mol. The van der Waals surface area contributed by atoms with E-state index in [4.69, 9.17) is 10.2 Å². The Labute approximate surface area is 118 Å². The van der Waals surface area contributed by atoms with Crippen LogP contribution in [0, 0.1) is 5.92 Å². The van der Waals surface area contributed by atoms with Crippen LogP contribution in [-0.4, -0.2) is 47.4 Å². The van der Waals surface area contributed by atoms with Crippen LogP contribution in [0.5, 0.6) is 0 Å². The molecule has 0 aromatic carbocycles. The van der Waals surface area contributed by atoms with E-state index in [1.165, 1.54) is 0 Å². The van der Waals surface area contributed by atoms with E-state index < -0.39 is 5.97 Å². The maximum Gasteiger partial charge on any atom is 0.305 e. The van der Waals surface area contributed by atoms with Gasteiger partial charge < -0.3 is 20.4 Å². The van der Waals surface area contributed by atoms with Gasteiger partial charge in [-0.25, -0.2) is 4.98 Å². The number of rotatable bonds is 6. The zero-order chi connectivity index (χ0) is 14.4. The highest BCUT2D eigenvalue weighted by Crippen LogP contribution is 2.22. The van der Waals surface area contributed by atoms with Crippen LogP contribution in [0.15, 0.2) is 18.3 Å². The van der Waals surface area contributed by atoms with Crippen LogP contribution < -0.4 is 10.2 Å². The summed E-state index contributed by atoms with van der Waals surface area (Å²) in [6.45, 7) is 2.51. The van der Waals surface area contributed by atoms with Crippen molar-refractivity contribution in [2.24, 2.45) is 5.92 Å². The smallest absolute Gasteiger partial charge is 0.305 e. The second-order valence-electron chi connectivity index (χ2n) is 5.09. The van der Waals surface area contributed by atoms with Crippen molar-refractivity contribution in [1.82, 2.24) is 4.98 Å². The highest BCUT2D eigenvalue weighted by atomic mass is 16.4. The van der Waals surface area contributed by atoms with Crippen LogP contribution >= 0.6 is 0 Å². The highest BCUT2D eigenvalue weighted by Gasteiger charge is 2.19. The summed E-state index contributed by atoms with van der Waals surface area (Å²) >= 11 is 0. The quantitative estimate of drug-likeness (QED) is 0.725. The molecule has 2 rings (SSSR count). The molecule has 1 aliphatic heterocycles. The van der Waals surface area contributed by atoms with Gasteiger partial charge in [-0.1, -0.05) is 0 Å². The predicted molar refractivity (Wildman–Crippen MR) is 77.0 cm³/mol. The van der Waals surface area contributed by atoms with Crippen molar-refractivity contribution >= 4 is 17.5 Å². The van der Waals surface area contributed by atoms with Crippen LogP contribution in [0.4, 0.5) is 11.5 Å². The molecule has 1 fully saturated rings. The Balaban J connectivity index is 1.83. The van der Waals surface area contributed by atoms with Gasteiger partial charge >= 0.3 is 5.97 Å². The minimum atomic E-state index is -0.811. The summed E-state index contributed by atoms with van der Waals surface area (Å²) in [4.78, 5) is 17.0. The molecule has 3 N–H and O–H groups in total. The van der Waals surface area contributed by atoms with Gasteiger partial charge in [0.05, 0.1) is 18.3 Å². The van der Waals surface area contributed by atoms with E-state index in [9.17, 15) is 4.79 Å². The molecule has 0 radical (unpaired) electrons. The minimum Gasteiger partial charge on any atom is -0.481 e. The molecule has 0 saturated carbocycles. The van der Waals surface area contributed by atoms with Crippen molar-refractivity contribution in [3.8, 4) is 0 Å². The van der Waals surface area contributed by atoms with Gasteiger partial charge in [-0.15, -0.1) is 0 Å². The Kier molecular flexibility index (Phi) is 5.17. The Hall–Kier alpha value is -1.82. The van der Waals surface area contributed by atoms with E-state index >= 15 is 0 Å². The first-order chi connectivity index (χ1) is 9.69. The van der Waals surface area contributed by atoms with Crippen molar-refractivity contribution in [1.29, 1.82) is 0 Å². The number of pyridine rings is 1. The summed E-state index contributed by atoms with van der Waals surface area (Å²) in [5, 5.41) is 20.7. The maximum atomic E-state index is 10.4. The monoisotopic (exact) mass is 279 g/mol. The molecule has 0 atom stereocenters. The molecule has 0 amide bonds. The minimum absolute atomic E-state index is 0.0937. The van der Waals surface area contributed by atoms with Crippen molar-refractivity contribution in [3.05, 3.63) is 18.3 Å². The first-order valence-corrected chi connectivity index (χ1v) is 6.96. The molecule has 110 valence electrons. The van der Waals surface area contributed by atoms with E-state index in [1.807, 2.05) is 12.1 Å². The van der Waals surface area contributed by atoms with Crippen molar-refractivity contribution < 1.29 is 15.0 Å². The van der Waals surface area contributed by atoms with E-state index in [0.717, 1.165) is 37.4 Å². The van der Waals surface area contributed by atoms with E-state index in [0.29, 0.717) is 12.5 Å². The van der Waals surface area contributed by atoms with Crippen molar-refractivity contribution in [2.75, 3.05) is 36.5 Å². The lowest BCUT2D eigenvalue weighted by Gasteiger charge is -2.32. The molecule has 6 nitrogen and oxygen atoms in total. The Bertz CT molecular complexity index is 428. The number of aliphatic hydroxyl groups is 1. The van der Waals surface area contributed by atoms with Gasteiger partial charge in [-0.2, -0.15) is 0 Å². The van der Waals surface area contributed by atoms with Crippen LogP contribution in [0.25, 0.3) is 0 Å². The third-order valence-electron chi connectivity index (χ3n) is 3.61. The average Bonchev–Trinajstić information content (AvgIpc) is 2.48. The fourth-order valence-electron chi connectivity index (χ4n) is 2.34. The molecule has 1 aromatic rings. The van der Waals surface area contributed by atoms with Crippen LogP contribution in [0.1, 0.15) is 19.3 Å². The van der Waals surface area contributed by atoms with E-state index in [-0.39, 0.29) is 13.0 Å². The fraction of sp³-hybridized carbons (Fsp3) is 0.571. The number of anilines is 2. The van der Waals surface area contributed by atoms with Crippen molar-refractivity contribution in [2.45, 2.75) is 19.3 Å². The maximum absolute atomic E-state index is 10.4. The van der Waals surface area contributed by atoms with Crippen molar-refractivity contribution in [3.63, 3.8) is 0 Å². The number of carbonyl (C=O) groups is 1. The molecule has 0 aliphatic carbocycles. The van der Waals surface area contributed by atoms with E-state index in [2.05, 4.69) is 15.2 Å². The summed E-state index contributed by atoms with van der Waals surface area (Å²) in [5.74, 6) is 0.544. The van der Waals surface area contributed by atoms with Gasteiger partial charge in [0, 0.05) is 26.2 Å². The predicted octanol–water partition coefficient (Wildman–Crippen LogP) is 1.18. The van der Waals surface area contributed by atoms with Gasteiger partial charge in [-0.3, -0.25) is 4.79 Å². The van der Waals surface area contributed by atoms with E-state index in [1.54, 1.807) is 6.20 Å². The number of piperidine rings is 1. The summed E-state index contributed by atoms with van der Waals surface area (Å²) in [6.07, 6.45) is 3.82. The molecular formula is C14H21N3O3. The number of carboxylic acid groups (broad SMARTS) is 1. The number of carboxylic acids is 1. The lowest BCUT2D eigenvalue weighted by Crippen LogP contribution is -2.35. The van der Waals surface area contributed by atoms with Crippen LogP contribution in [0.3, 0.4) is 0 Å². The van der Waals surface area contributed by atoms with Gasteiger partial charge in [-0.05, 0) is 30.9 Å². The third kappa shape index (κ3) is 4.09. The van der Waals surface area contributed by atoms with Gasteiger partial charge in [0.2, 0.25) is 0 Å². The Morgan fingerprint density at radius 1 is 1.40 bits per heavy atom. The lowest BCUT2D eigenvalue weighted by atomic mass is 9.98. The molecule has 0 unspecified atom stereocenters. The number of aliphatic hydroxyl groups excluding tert-OH is 1. The number of aliphatic carboxylic acids is 1. The normalized spacial score (nSPS) is 16.1. The third-order valence-corrected chi connectivity index (χ3v) is 3.61. The zero-order valence-electron chi connectivity index (χ0n) is 11.5. The first kappa shape index (κ1) is 14.6. The zero-order valence-corrected chi connectivity index (χ0v) is 11.5. The van der Waals surface area contributed by atoms with Gasteiger partial charge in [0.1, 0.15) is 5.82 Å². The number of nitrogens with zero attached hydrogens (tertiary/aromatic N) is 2. The van der Waals surface area contributed by atoms with Gasteiger partial charge in [0.15, 0.2) is 0 Å². The van der Waals surface area contributed by atoms with Crippen LogP contribution in [-0.2, 0) is 4.79 Å². The number of nitrogens with one attached hydrogen (secondary N) is 1. The fourth-order valence-corrected chi connectivity index (χ4v) is 2.34. The molecule has 6 heteroatoms.